The van der Waals surface area contributed by atoms with E-state index in [1.807, 2.05) is 18.2 Å². The van der Waals surface area contributed by atoms with Gasteiger partial charge in [0.05, 0.1) is 17.5 Å². The molecule has 0 fully saturated rings. The largest absolute Gasteiger partial charge is 0.456 e. The first kappa shape index (κ1) is 20.3. The molecule has 3 heteroatoms. The van der Waals surface area contributed by atoms with Crippen molar-refractivity contribution in [2.24, 2.45) is 13.0 Å². The number of aryl methyl sites for hydroxylation is 2. The van der Waals surface area contributed by atoms with E-state index in [9.17, 15) is 0 Å². The normalized spacial score (nSPS) is 11.7. The summed E-state index contributed by atoms with van der Waals surface area (Å²) in [6.07, 6.45) is 3.22. The Morgan fingerprint density at radius 2 is 1.75 bits per heavy atom. The van der Waals surface area contributed by atoms with E-state index in [1.165, 1.54) is 27.5 Å². The maximum Gasteiger partial charge on any atom is 0.224 e. The molecule has 5 aromatic rings. The molecule has 0 aliphatic heterocycles. The summed E-state index contributed by atoms with van der Waals surface area (Å²) < 4.78 is 8.64. The topological polar surface area (TPSA) is 21.4 Å². The first-order chi connectivity index (χ1) is 15.4. The lowest BCUT2D eigenvalue weighted by molar-refractivity contribution is -0.659. The molecule has 5 rings (SSSR count). The third-order valence-electron chi connectivity index (χ3n) is 6.48. The molecule has 0 aliphatic carbocycles. The Bertz CT molecular complexity index is 1560. The van der Waals surface area contributed by atoms with Gasteiger partial charge in [0.15, 0.2) is 11.9 Å². The number of benzene rings is 3. The molecule has 0 unspecified atom stereocenters. The maximum absolute atomic E-state index is 7.36. The zero-order valence-corrected chi connectivity index (χ0v) is 19.3. The van der Waals surface area contributed by atoms with Crippen LogP contribution in [0.4, 0.5) is 5.69 Å². The minimum absolute atomic E-state index is 0.597. The van der Waals surface area contributed by atoms with Crippen LogP contribution in [0.1, 0.15) is 30.5 Å². The number of furan rings is 1. The van der Waals surface area contributed by atoms with Crippen molar-refractivity contribution in [3.05, 3.63) is 82.8 Å². The highest BCUT2D eigenvalue weighted by atomic mass is 16.3. The van der Waals surface area contributed by atoms with Crippen LogP contribution in [0.25, 0.3) is 48.8 Å². The maximum atomic E-state index is 7.36. The molecule has 0 spiro atoms. The molecule has 0 bridgehead atoms. The second kappa shape index (κ2) is 7.50. The molecule has 0 aliphatic rings. The fourth-order valence-corrected chi connectivity index (χ4v) is 4.81. The average molecular weight is 420 g/mol. The summed E-state index contributed by atoms with van der Waals surface area (Å²) in [6.45, 7) is 16.2. The zero-order valence-electron chi connectivity index (χ0n) is 19.3. The highest BCUT2D eigenvalue weighted by Crippen LogP contribution is 2.41. The molecule has 158 valence electrons. The van der Waals surface area contributed by atoms with Crippen LogP contribution in [-0.4, -0.2) is 0 Å². The fourth-order valence-electron chi connectivity index (χ4n) is 4.81. The Kier molecular flexibility index (Phi) is 4.75. The average Bonchev–Trinajstić information content (AvgIpc) is 3.12. The van der Waals surface area contributed by atoms with Gasteiger partial charge in [-0.3, -0.25) is 0 Å². The van der Waals surface area contributed by atoms with Gasteiger partial charge in [-0.2, -0.15) is 0 Å². The lowest BCUT2D eigenvalue weighted by atomic mass is 9.92. The summed E-state index contributed by atoms with van der Waals surface area (Å²) in [7, 11) is 2.10. The molecule has 0 radical (unpaired) electrons. The Hall–Kier alpha value is -3.64. The van der Waals surface area contributed by atoms with Gasteiger partial charge >= 0.3 is 0 Å². The second-order valence-electron chi connectivity index (χ2n) is 9.26. The van der Waals surface area contributed by atoms with Crippen molar-refractivity contribution >= 4 is 38.4 Å². The van der Waals surface area contributed by atoms with Crippen molar-refractivity contribution in [1.82, 2.24) is 0 Å². The third kappa shape index (κ3) is 3.15. The summed E-state index contributed by atoms with van der Waals surface area (Å²) >= 11 is 0. The van der Waals surface area contributed by atoms with Crippen LogP contribution in [0.2, 0.25) is 0 Å². The van der Waals surface area contributed by atoms with E-state index in [1.54, 1.807) is 0 Å². The van der Waals surface area contributed by atoms with Crippen LogP contribution in [0.5, 0.6) is 0 Å². The Balaban J connectivity index is 1.87. The van der Waals surface area contributed by atoms with Crippen molar-refractivity contribution in [2.75, 3.05) is 0 Å². The summed E-state index contributed by atoms with van der Waals surface area (Å²) in [5.41, 5.74) is 8.36. The molecule has 2 aromatic heterocycles. The van der Waals surface area contributed by atoms with Crippen LogP contribution in [0, 0.1) is 26.3 Å². The number of hydrogen-bond donors (Lipinski definition) is 0. The van der Waals surface area contributed by atoms with Gasteiger partial charge in [-0.05, 0) is 66.5 Å². The van der Waals surface area contributed by atoms with Crippen molar-refractivity contribution in [1.29, 1.82) is 0 Å². The number of aromatic nitrogens is 1. The second-order valence-corrected chi connectivity index (χ2v) is 9.26. The molecular weight excluding hydrogens is 392 g/mol. The van der Waals surface area contributed by atoms with Gasteiger partial charge in [0.2, 0.25) is 5.69 Å². The first-order valence-electron chi connectivity index (χ1n) is 11.1. The van der Waals surface area contributed by atoms with Gasteiger partial charge in [-0.15, -0.1) is 0 Å². The number of rotatable bonds is 3. The Morgan fingerprint density at radius 1 is 0.969 bits per heavy atom. The predicted octanol–water partition coefficient (Wildman–Crippen LogP) is 7.60. The van der Waals surface area contributed by atoms with Gasteiger partial charge in [0.25, 0.3) is 0 Å². The quantitative estimate of drug-likeness (QED) is 0.218. The zero-order chi connectivity index (χ0) is 22.6. The first-order valence-corrected chi connectivity index (χ1v) is 11.1. The number of fused-ring (bicyclic) bond motifs is 4. The van der Waals surface area contributed by atoms with E-state index < -0.39 is 0 Å². The monoisotopic (exact) mass is 419 g/mol. The number of nitrogens with zero attached hydrogens (tertiary/aromatic N) is 2. The van der Waals surface area contributed by atoms with Crippen LogP contribution >= 0.6 is 0 Å². The minimum atomic E-state index is 0.597. The molecule has 0 N–H and O–H groups in total. The Morgan fingerprint density at radius 3 is 2.50 bits per heavy atom. The molecular formula is C29H27N2O+. The molecule has 3 nitrogen and oxygen atoms in total. The number of pyridine rings is 1. The van der Waals surface area contributed by atoms with Crippen molar-refractivity contribution < 1.29 is 8.98 Å². The van der Waals surface area contributed by atoms with Gasteiger partial charge in [0.1, 0.15) is 18.2 Å². The van der Waals surface area contributed by atoms with Crippen LogP contribution in [-0.2, 0) is 13.5 Å². The fraction of sp³-hybridized carbons (Fsp3) is 0.241. The molecule has 0 saturated heterocycles. The third-order valence-corrected chi connectivity index (χ3v) is 6.48. The van der Waals surface area contributed by atoms with Gasteiger partial charge < -0.3 is 4.42 Å². The van der Waals surface area contributed by atoms with E-state index in [4.69, 9.17) is 11.0 Å². The van der Waals surface area contributed by atoms with Crippen molar-refractivity contribution in [3.8, 4) is 11.3 Å². The molecule has 0 saturated carbocycles. The highest BCUT2D eigenvalue weighted by molar-refractivity contribution is 6.12. The molecule has 32 heavy (non-hydrogen) atoms. The summed E-state index contributed by atoms with van der Waals surface area (Å²) in [5.74, 6) is 0.626. The SMILES string of the molecule is [C-]#[N+]c1ccc2c(c1)oc1c(-c3c4ccc(CC(C)C)cc4cc[n+]3C)c(C)c(C)cc12. The molecule has 2 heterocycles. The van der Waals surface area contributed by atoms with E-state index in [0.717, 1.165) is 39.6 Å². The van der Waals surface area contributed by atoms with E-state index >= 15 is 0 Å². The number of hydrogen-bond acceptors (Lipinski definition) is 1. The molecule has 0 amide bonds. The van der Waals surface area contributed by atoms with Gasteiger partial charge in [0, 0.05) is 16.8 Å². The standard InChI is InChI=1S/C29H27N2O/c1-17(2)13-20-7-9-23-21(15-20)11-12-31(6)28(23)27-19(4)18(3)14-25-24-10-8-22(30-5)16-26(24)32-29(25)27/h7-12,14-17H,13H2,1-4,6H3/q+1. The van der Waals surface area contributed by atoms with E-state index in [0.29, 0.717) is 11.6 Å². The summed E-state index contributed by atoms with van der Waals surface area (Å²) in [6, 6.07) is 17.0. The minimum Gasteiger partial charge on any atom is -0.456 e. The Labute approximate surface area is 188 Å². The van der Waals surface area contributed by atoms with Crippen molar-refractivity contribution in [3.63, 3.8) is 0 Å². The summed E-state index contributed by atoms with van der Waals surface area (Å²) in [4.78, 5) is 3.58. The highest BCUT2D eigenvalue weighted by Gasteiger charge is 2.24. The lowest BCUT2D eigenvalue weighted by Crippen LogP contribution is -2.31. The predicted molar refractivity (Wildman–Crippen MR) is 132 cm³/mol. The summed E-state index contributed by atoms with van der Waals surface area (Å²) in [5, 5.41) is 4.62. The van der Waals surface area contributed by atoms with Crippen LogP contribution in [0.15, 0.2) is 59.1 Å². The van der Waals surface area contributed by atoms with Gasteiger partial charge in [-0.25, -0.2) is 9.41 Å². The molecule has 0 atom stereocenters. The van der Waals surface area contributed by atoms with Crippen LogP contribution in [0.3, 0.4) is 0 Å². The molecule has 3 aromatic carbocycles. The van der Waals surface area contributed by atoms with Crippen LogP contribution < -0.4 is 4.57 Å². The smallest absolute Gasteiger partial charge is 0.224 e. The van der Waals surface area contributed by atoms with Crippen molar-refractivity contribution in [2.45, 2.75) is 34.1 Å². The van der Waals surface area contributed by atoms with Gasteiger partial charge in [-0.1, -0.05) is 38.1 Å². The lowest BCUT2D eigenvalue weighted by Gasteiger charge is -2.12. The van der Waals surface area contributed by atoms with E-state index in [2.05, 4.69) is 80.7 Å². The van der Waals surface area contributed by atoms with E-state index in [-0.39, 0.29) is 0 Å².